The summed E-state index contributed by atoms with van der Waals surface area (Å²) in [5.74, 6) is -0.594. The summed E-state index contributed by atoms with van der Waals surface area (Å²) in [7, 11) is 0. The van der Waals surface area contributed by atoms with Crippen LogP contribution in [-0.2, 0) is 4.79 Å². The van der Waals surface area contributed by atoms with Crippen molar-refractivity contribution in [1.29, 1.82) is 0 Å². The topological polar surface area (TPSA) is 91.9 Å². The maximum atomic E-state index is 12.8. The molecule has 0 aliphatic carbocycles. The summed E-state index contributed by atoms with van der Waals surface area (Å²) < 4.78 is 1.18. The van der Waals surface area contributed by atoms with Crippen molar-refractivity contribution in [2.45, 2.75) is 26.7 Å². The number of fused-ring (bicyclic) bond motifs is 1. The van der Waals surface area contributed by atoms with E-state index in [9.17, 15) is 19.8 Å². The van der Waals surface area contributed by atoms with Gasteiger partial charge in [-0.3, -0.25) is 9.59 Å². The lowest BCUT2D eigenvalue weighted by molar-refractivity contribution is -0.112. The number of carbonyl (C=O) groups excluding carboxylic acids is 1. The Labute approximate surface area is 164 Å². The number of aryl methyl sites for hydroxylation is 1. The van der Waals surface area contributed by atoms with Gasteiger partial charge in [0.25, 0.3) is 5.91 Å². The Morgan fingerprint density at radius 3 is 2.54 bits per heavy atom. The molecule has 1 aliphatic heterocycles. The van der Waals surface area contributed by atoms with Gasteiger partial charge in [0.05, 0.1) is 16.6 Å². The fraction of sp³-hybridized carbons (Fsp3) is 0.190. The molecule has 0 fully saturated rings. The number of thiazole rings is 1. The Kier molecular flexibility index (Phi) is 4.19. The quantitative estimate of drug-likeness (QED) is 0.712. The van der Waals surface area contributed by atoms with Gasteiger partial charge < -0.3 is 10.2 Å². The molecule has 2 aromatic carbocycles. The van der Waals surface area contributed by atoms with E-state index < -0.39 is 10.8 Å². The summed E-state index contributed by atoms with van der Waals surface area (Å²) in [6.45, 7) is 5.61. The number of phenols is 1. The van der Waals surface area contributed by atoms with Crippen LogP contribution < -0.4 is 15.4 Å². The van der Waals surface area contributed by atoms with E-state index >= 15 is 0 Å². The van der Waals surface area contributed by atoms with Gasteiger partial charge in [-0.25, -0.2) is 9.56 Å². The SMILES string of the molecule is Cc1cc(O)c(C(C)C)cc1-n1c(O)c(C2=c3ccccc3=NC2=O)sc1=O. The monoisotopic (exact) mass is 394 g/mol. The predicted molar refractivity (Wildman–Crippen MR) is 107 cm³/mol. The van der Waals surface area contributed by atoms with Gasteiger partial charge in [-0.2, -0.15) is 0 Å². The Bertz CT molecular complexity index is 1320. The van der Waals surface area contributed by atoms with E-state index in [1.165, 1.54) is 4.57 Å². The van der Waals surface area contributed by atoms with Crippen LogP contribution >= 0.6 is 11.3 Å². The molecule has 7 heteroatoms. The first-order valence-corrected chi connectivity index (χ1v) is 9.62. The molecule has 0 saturated carbocycles. The van der Waals surface area contributed by atoms with Crippen LogP contribution in [0.4, 0.5) is 0 Å². The maximum absolute atomic E-state index is 12.8. The highest BCUT2D eigenvalue weighted by Gasteiger charge is 2.27. The number of amides is 1. The summed E-state index contributed by atoms with van der Waals surface area (Å²) in [6.07, 6.45) is 0. The first kappa shape index (κ1) is 18.2. The van der Waals surface area contributed by atoms with Crippen molar-refractivity contribution in [2.75, 3.05) is 0 Å². The predicted octanol–water partition coefficient (Wildman–Crippen LogP) is 2.10. The number of nitrogens with zero attached hydrogens (tertiary/aromatic N) is 2. The number of phenolic OH excluding ortho intramolecular Hbond substituents is 1. The second kappa shape index (κ2) is 6.45. The number of hydrogen-bond donors (Lipinski definition) is 2. The van der Waals surface area contributed by atoms with E-state index in [1.54, 1.807) is 43.3 Å². The minimum Gasteiger partial charge on any atom is -0.508 e. The number of carbonyl (C=O) groups is 1. The number of aromatic hydroxyl groups is 2. The fourth-order valence-corrected chi connectivity index (χ4v) is 4.36. The third-order valence-corrected chi connectivity index (χ3v) is 5.78. The minimum absolute atomic E-state index is 0.0340. The summed E-state index contributed by atoms with van der Waals surface area (Å²) >= 11 is 0.805. The van der Waals surface area contributed by atoms with Crippen molar-refractivity contribution < 1.29 is 15.0 Å². The van der Waals surface area contributed by atoms with Crippen molar-refractivity contribution in [2.24, 2.45) is 4.99 Å². The zero-order valence-corrected chi connectivity index (χ0v) is 16.4. The van der Waals surface area contributed by atoms with Crippen molar-refractivity contribution >= 4 is 22.8 Å². The molecule has 142 valence electrons. The highest BCUT2D eigenvalue weighted by molar-refractivity contribution is 7.11. The average molecular weight is 394 g/mol. The van der Waals surface area contributed by atoms with Gasteiger partial charge in [0.1, 0.15) is 10.6 Å². The molecule has 2 heterocycles. The highest BCUT2D eigenvalue weighted by Crippen LogP contribution is 2.35. The number of para-hydroxylation sites is 1. The Morgan fingerprint density at radius 2 is 1.82 bits per heavy atom. The first-order valence-electron chi connectivity index (χ1n) is 8.81. The third kappa shape index (κ3) is 2.66. The molecule has 28 heavy (non-hydrogen) atoms. The van der Waals surface area contributed by atoms with Gasteiger partial charge in [0, 0.05) is 5.22 Å². The Morgan fingerprint density at radius 1 is 1.11 bits per heavy atom. The molecule has 0 atom stereocenters. The van der Waals surface area contributed by atoms with Crippen LogP contribution in [0.2, 0.25) is 0 Å². The van der Waals surface area contributed by atoms with Crippen LogP contribution in [0, 0.1) is 6.92 Å². The zero-order chi connectivity index (χ0) is 20.2. The van der Waals surface area contributed by atoms with E-state index in [4.69, 9.17) is 0 Å². The minimum atomic E-state index is -0.477. The third-order valence-electron chi connectivity index (χ3n) is 4.83. The van der Waals surface area contributed by atoms with E-state index in [0.717, 1.165) is 11.3 Å². The summed E-state index contributed by atoms with van der Waals surface area (Å²) in [5.41, 5.74) is 2.01. The fourth-order valence-electron chi connectivity index (χ4n) is 3.43. The van der Waals surface area contributed by atoms with Crippen LogP contribution in [0.1, 0.15) is 35.8 Å². The van der Waals surface area contributed by atoms with E-state index in [1.807, 2.05) is 13.8 Å². The van der Waals surface area contributed by atoms with Crippen molar-refractivity contribution in [3.05, 3.63) is 72.6 Å². The number of benzene rings is 2. The Hall–Kier alpha value is -3.19. The zero-order valence-electron chi connectivity index (χ0n) is 15.6. The maximum Gasteiger partial charge on any atom is 0.315 e. The number of aromatic nitrogens is 1. The standard InChI is InChI=1S/C21H18N2O4S/c1-10(2)13-9-15(11(3)8-16(13)24)23-20(26)18(28-21(23)27)17-12-6-4-5-7-14(12)22-19(17)25/h4-10,24,26H,1-3H3. The van der Waals surface area contributed by atoms with Crippen LogP contribution in [0.15, 0.2) is 46.2 Å². The molecule has 0 spiro atoms. The molecule has 1 aromatic heterocycles. The molecule has 3 aromatic rings. The normalized spacial score (nSPS) is 13.1. The number of hydrogen-bond acceptors (Lipinski definition) is 5. The summed E-state index contributed by atoms with van der Waals surface area (Å²) in [4.78, 5) is 29.0. The van der Waals surface area contributed by atoms with Crippen molar-refractivity contribution in [1.82, 2.24) is 4.57 Å². The van der Waals surface area contributed by atoms with Crippen LogP contribution in [0.5, 0.6) is 11.6 Å². The lowest BCUT2D eigenvalue weighted by Gasteiger charge is -2.14. The van der Waals surface area contributed by atoms with Crippen molar-refractivity contribution in [3.8, 4) is 17.3 Å². The van der Waals surface area contributed by atoms with E-state index in [2.05, 4.69) is 4.99 Å². The van der Waals surface area contributed by atoms with Gasteiger partial charge in [-0.15, -0.1) is 0 Å². The summed E-state index contributed by atoms with van der Waals surface area (Å²) in [6, 6.07) is 10.3. The van der Waals surface area contributed by atoms with Gasteiger partial charge in [-0.05, 0) is 42.2 Å². The van der Waals surface area contributed by atoms with Crippen LogP contribution in [0.25, 0.3) is 11.3 Å². The molecule has 0 radical (unpaired) electrons. The van der Waals surface area contributed by atoms with Gasteiger partial charge in [0.2, 0.25) is 5.88 Å². The lowest BCUT2D eigenvalue weighted by atomic mass is 9.99. The van der Waals surface area contributed by atoms with E-state index in [0.29, 0.717) is 27.4 Å². The largest absolute Gasteiger partial charge is 0.508 e. The van der Waals surface area contributed by atoms with Gasteiger partial charge >= 0.3 is 4.87 Å². The van der Waals surface area contributed by atoms with Crippen molar-refractivity contribution in [3.63, 3.8) is 0 Å². The molecule has 0 saturated heterocycles. The summed E-state index contributed by atoms with van der Waals surface area (Å²) in [5, 5.41) is 22.2. The Balaban J connectivity index is 2.00. The highest BCUT2D eigenvalue weighted by atomic mass is 32.1. The van der Waals surface area contributed by atoms with Crippen LogP contribution in [-0.4, -0.2) is 20.7 Å². The molecule has 2 N–H and O–H groups in total. The first-order chi connectivity index (χ1) is 13.3. The second-order valence-electron chi connectivity index (χ2n) is 7.02. The molecule has 4 rings (SSSR count). The molecule has 1 amide bonds. The molecule has 6 nitrogen and oxygen atoms in total. The molecule has 0 bridgehead atoms. The van der Waals surface area contributed by atoms with Gasteiger partial charge in [0.15, 0.2) is 0 Å². The molecule has 1 aliphatic rings. The molecular weight excluding hydrogens is 376 g/mol. The second-order valence-corrected chi connectivity index (χ2v) is 7.98. The van der Waals surface area contributed by atoms with E-state index in [-0.39, 0.29) is 28.0 Å². The number of rotatable bonds is 3. The molecule has 0 unspecified atom stereocenters. The van der Waals surface area contributed by atoms with Gasteiger partial charge in [-0.1, -0.05) is 43.4 Å². The molecular formula is C21H18N2O4S. The van der Waals surface area contributed by atoms with Crippen LogP contribution in [0.3, 0.4) is 0 Å². The average Bonchev–Trinajstić information content (AvgIpc) is 3.10. The smallest absolute Gasteiger partial charge is 0.315 e. The lowest BCUT2D eigenvalue weighted by Crippen LogP contribution is -2.22.